The van der Waals surface area contributed by atoms with E-state index in [0.717, 1.165) is 64.3 Å². The van der Waals surface area contributed by atoms with Crippen LogP contribution in [-0.2, 0) is 25.7 Å². The predicted octanol–water partition coefficient (Wildman–Crippen LogP) is 5.00. The van der Waals surface area contributed by atoms with Crippen molar-refractivity contribution in [2.45, 2.75) is 52.4 Å². The lowest BCUT2D eigenvalue weighted by molar-refractivity contribution is 0.425. The lowest BCUT2D eigenvalue weighted by Crippen LogP contribution is -2.32. The summed E-state index contributed by atoms with van der Waals surface area (Å²) in [5.74, 6) is -1.17. The largest absolute Gasteiger partial charge is 0.488 e. The Morgan fingerprint density at radius 3 is 1.90 bits per heavy atom. The second-order valence-corrected chi connectivity index (χ2v) is 10.9. The minimum atomic E-state index is -1.63. The van der Waals surface area contributed by atoms with Gasteiger partial charge in [0, 0.05) is 39.9 Å². The summed E-state index contributed by atoms with van der Waals surface area (Å²) in [7, 11) is -1.63. The van der Waals surface area contributed by atoms with Crippen molar-refractivity contribution in [3.63, 3.8) is 0 Å². The standard InChI is InChI=1S/C15H15FN2.C9H10BrN.C6H7BFNO2/c1-9-8-18-14(16)7-13(9)12-6-5-10-3-2-4-11(10)15(12)17;10-8-5-4-6-2-1-3-7(6)9(8)11;1-4-3-9-6(8)2-5(4)7(10)11/h5-8H,2-4,17H2,1H3;4-5H,1-3,11H2;2-3,10-11H,1H3. The zero-order chi connectivity index (χ0) is 29.0. The molecule has 0 spiro atoms. The van der Waals surface area contributed by atoms with E-state index in [4.69, 9.17) is 21.5 Å². The van der Waals surface area contributed by atoms with Gasteiger partial charge in [-0.1, -0.05) is 18.2 Å². The van der Waals surface area contributed by atoms with Gasteiger partial charge in [-0.2, -0.15) is 8.78 Å². The molecule has 10 heteroatoms. The summed E-state index contributed by atoms with van der Waals surface area (Å²) in [6.07, 6.45) is 9.71. The Labute approximate surface area is 241 Å². The molecule has 2 aliphatic rings. The maximum atomic E-state index is 13.3. The van der Waals surface area contributed by atoms with E-state index in [2.05, 4.69) is 38.0 Å². The lowest BCUT2D eigenvalue weighted by Gasteiger charge is -2.12. The first-order chi connectivity index (χ1) is 19.1. The number of benzene rings is 2. The molecule has 0 bridgehead atoms. The Morgan fingerprint density at radius 1 is 0.750 bits per heavy atom. The molecule has 2 aliphatic carbocycles. The van der Waals surface area contributed by atoms with E-state index in [1.165, 1.54) is 47.4 Å². The summed E-state index contributed by atoms with van der Waals surface area (Å²) in [4.78, 5) is 6.99. The fraction of sp³-hybridized carbons (Fsp3) is 0.267. The van der Waals surface area contributed by atoms with Crippen molar-refractivity contribution >= 4 is 39.9 Å². The number of nitrogen functional groups attached to an aromatic ring is 2. The van der Waals surface area contributed by atoms with Crippen LogP contribution in [0.15, 0.2) is 53.3 Å². The van der Waals surface area contributed by atoms with Gasteiger partial charge in [-0.15, -0.1) is 0 Å². The van der Waals surface area contributed by atoms with E-state index in [1.807, 2.05) is 19.1 Å². The van der Waals surface area contributed by atoms with E-state index in [9.17, 15) is 8.78 Å². The van der Waals surface area contributed by atoms with Crippen molar-refractivity contribution in [2.24, 2.45) is 0 Å². The molecular formula is C30H32BBrF2N4O2. The minimum Gasteiger partial charge on any atom is -0.423 e. The normalized spacial score (nSPS) is 13.0. The van der Waals surface area contributed by atoms with Crippen LogP contribution in [0.5, 0.6) is 0 Å². The highest BCUT2D eigenvalue weighted by Gasteiger charge is 2.18. The van der Waals surface area contributed by atoms with Crippen molar-refractivity contribution in [3.05, 3.63) is 98.5 Å². The van der Waals surface area contributed by atoms with Gasteiger partial charge in [0.15, 0.2) is 0 Å². The second-order valence-electron chi connectivity index (χ2n) is 10.0. The number of halogens is 3. The molecule has 6 N–H and O–H groups in total. The van der Waals surface area contributed by atoms with Crippen molar-refractivity contribution in [3.8, 4) is 11.1 Å². The van der Waals surface area contributed by atoms with E-state index in [-0.39, 0.29) is 5.46 Å². The SMILES string of the molecule is Cc1cnc(F)cc1-c1ccc2c(c1N)CCC2.Cc1cnc(F)cc1B(O)O.Nc1c(Br)ccc2c1CCC2. The molecule has 6 rings (SSSR count). The molecule has 2 aromatic heterocycles. The van der Waals surface area contributed by atoms with E-state index >= 15 is 0 Å². The molecule has 6 nitrogen and oxygen atoms in total. The first-order valence-corrected chi connectivity index (χ1v) is 13.9. The molecule has 0 aliphatic heterocycles. The Hall–Kier alpha value is -3.34. The number of fused-ring (bicyclic) bond motifs is 2. The quantitative estimate of drug-likeness (QED) is 0.145. The van der Waals surface area contributed by atoms with Crippen molar-refractivity contribution in [1.29, 1.82) is 0 Å². The molecule has 0 radical (unpaired) electrons. The monoisotopic (exact) mass is 608 g/mol. The molecule has 0 atom stereocenters. The summed E-state index contributed by atoms with van der Waals surface area (Å²) in [5, 5.41) is 17.4. The first-order valence-electron chi connectivity index (χ1n) is 13.1. The Bertz CT molecular complexity index is 1530. The van der Waals surface area contributed by atoms with Crippen LogP contribution >= 0.6 is 15.9 Å². The Balaban J connectivity index is 0.000000146. The number of rotatable bonds is 2. The number of pyridine rings is 2. The molecule has 2 heterocycles. The minimum absolute atomic E-state index is 0.150. The van der Waals surface area contributed by atoms with Crippen molar-refractivity contribution in [2.75, 3.05) is 11.5 Å². The number of anilines is 2. The van der Waals surface area contributed by atoms with Crippen LogP contribution in [0.2, 0.25) is 0 Å². The van der Waals surface area contributed by atoms with Gasteiger partial charge < -0.3 is 21.5 Å². The third-order valence-corrected chi connectivity index (χ3v) is 8.04. The van der Waals surface area contributed by atoms with Gasteiger partial charge in [-0.05, 0) is 125 Å². The van der Waals surface area contributed by atoms with Gasteiger partial charge in [0.25, 0.3) is 0 Å². The van der Waals surface area contributed by atoms with E-state index in [0.29, 0.717) is 5.56 Å². The highest BCUT2D eigenvalue weighted by Crippen LogP contribution is 2.36. The number of hydrogen-bond acceptors (Lipinski definition) is 6. The third-order valence-electron chi connectivity index (χ3n) is 7.35. The second kappa shape index (κ2) is 12.9. The van der Waals surface area contributed by atoms with Crippen LogP contribution in [0, 0.1) is 25.7 Å². The number of aryl methyl sites for hydroxylation is 4. The Kier molecular flexibility index (Phi) is 9.55. The maximum absolute atomic E-state index is 13.3. The maximum Gasteiger partial charge on any atom is 0.488 e. The van der Waals surface area contributed by atoms with Gasteiger partial charge in [0.1, 0.15) is 0 Å². The van der Waals surface area contributed by atoms with Gasteiger partial charge in [0.05, 0.1) is 0 Å². The molecular weight excluding hydrogens is 577 g/mol. The molecule has 0 amide bonds. The van der Waals surface area contributed by atoms with Gasteiger partial charge in [-0.25, -0.2) is 9.97 Å². The molecule has 0 unspecified atom stereocenters. The first kappa shape index (κ1) is 29.6. The average molecular weight is 609 g/mol. The molecule has 0 saturated carbocycles. The highest BCUT2D eigenvalue weighted by atomic mass is 79.9. The van der Waals surface area contributed by atoms with E-state index in [1.54, 1.807) is 13.1 Å². The number of nitrogens with zero attached hydrogens (tertiary/aromatic N) is 2. The Morgan fingerprint density at radius 2 is 1.30 bits per heavy atom. The molecule has 40 heavy (non-hydrogen) atoms. The van der Waals surface area contributed by atoms with Gasteiger partial charge >= 0.3 is 7.12 Å². The average Bonchev–Trinajstić information content (AvgIpc) is 3.61. The van der Waals surface area contributed by atoms with Gasteiger partial charge in [0.2, 0.25) is 11.9 Å². The van der Waals surface area contributed by atoms with Crippen LogP contribution in [0.1, 0.15) is 46.2 Å². The molecule has 0 fully saturated rings. The summed E-state index contributed by atoms with van der Waals surface area (Å²) in [5.41, 5.74) is 22.7. The predicted molar refractivity (Wildman–Crippen MR) is 160 cm³/mol. The lowest BCUT2D eigenvalue weighted by atomic mass is 9.78. The van der Waals surface area contributed by atoms with Crippen LogP contribution in [0.4, 0.5) is 20.2 Å². The topological polar surface area (TPSA) is 118 Å². The smallest absolute Gasteiger partial charge is 0.423 e. The summed E-state index contributed by atoms with van der Waals surface area (Å²) < 4.78 is 26.7. The van der Waals surface area contributed by atoms with Gasteiger partial charge in [-0.3, -0.25) is 0 Å². The number of aromatic nitrogens is 2. The van der Waals surface area contributed by atoms with E-state index < -0.39 is 19.0 Å². The van der Waals surface area contributed by atoms with Crippen molar-refractivity contribution in [1.82, 2.24) is 9.97 Å². The summed E-state index contributed by atoms with van der Waals surface area (Å²) in [6.45, 7) is 3.55. The van der Waals surface area contributed by atoms with Crippen LogP contribution in [0.3, 0.4) is 0 Å². The zero-order valence-electron chi connectivity index (χ0n) is 22.5. The van der Waals surface area contributed by atoms with Crippen molar-refractivity contribution < 1.29 is 18.8 Å². The molecule has 4 aromatic rings. The fourth-order valence-electron chi connectivity index (χ4n) is 5.18. The zero-order valence-corrected chi connectivity index (χ0v) is 24.1. The highest BCUT2D eigenvalue weighted by molar-refractivity contribution is 9.10. The summed E-state index contributed by atoms with van der Waals surface area (Å²) in [6, 6.07) is 10.8. The number of nitrogens with two attached hydrogens (primary N) is 2. The number of hydrogen-bond donors (Lipinski definition) is 4. The molecule has 2 aromatic carbocycles. The third kappa shape index (κ3) is 6.68. The van der Waals surface area contributed by atoms with Crippen LogP contribution < -0.4 is 16.9 Å². The fourth-order valence-corrected chi connectivity index (χ4v) is 5.55. The molecule has 208 valence electrons. The van der Waals surface area contributed by atoms with Crippen LogP contribution in [0.25, 0.3) is 11.1 Å². The molecule has 0 saturated heterocycles. The summed E-state index contributed by atoms with van der Waals surface area (Å²) >= 11 is 3.42. The van der Waals surface area contributed by atoms with Crippen LogP contribution in [-0.4, -0.2) is 27.1 Å².